The Hall–Kier alpha value is -4.91. The number of aryl methyl sites for hydroxylation is 1. The molecule has 0 amide bonds. The van der Waals surface area contributed by atoms with E-state index < -0.39 is 17.9 Å². The Balaban J connectivity index is 1.99. The van der Waals surface area contributed by atoms with Crippen molar-refractivity contribution in [3.8, 4) is 17.5 Å². The molecule has 1 atom stereocenters. The summed E-state index contributed by atoms with van der Waals surface area (Å²) < 4.78 is 15.4. The van der Waals surface area contributed by atoms with Crippen molar-refractivity contribution < 1.29 is 23.6 Å². The Morgan fingerprint density at radius 2 is 1.83 bits per heavy atom. The minimum atomic E-state index is -0.944. The van der Waals surface area contributed by atoms with Gasteiger partial charge in [-0.1, -0.05) is 48.5 Å². The number of benzene rings is 2. The van der Waals surface area contributed by atoms with Crippen molar-refractivity contribution in [3.63, 3.8) is 0 Å². The largest absolute Gasteiger partial charge is 0.466 e. The lowest BCUT2D eigenvalue weighted by Crippen LogP contribution is -2.40. The number of ether oxygens (including phenoxy) is 2. The molecule has 2 heterocycles. The summed E-state index contributed by atoms with van der Waals surface area (Å²) in [6, 6.07) is 17.7. The maximum atomic E-state index is 13.2. The van der Waals surface area contributed by atoms with Crippen molar-refractivity contribution in [2.45, 2.75) is 19.3 Å². The molecule has 0 saturated carbocycles. The number of aromatic nitrogens is 2. The molecule has 1 unspecified atom stereocenters. The number of nitriles is 1. The lowest BCUT2D eigenvalue weighted by atomic mass is 9.81. The Morgan fingerprint density at radius 1 is 1.11 bits per heavy atom. The van der Waals surface area contributed by atoms with E-state index in [2.05, 4.69) is 16.2 Å². The zero-order chi connectivity index (χ0) is 25.8. The summed E-state index contributed by atoms with van der Waals surface area (Å²) in [6.45, 7) is 1.90. The van der Waals surface area contributed by atoms with Crippen LogP contribution in [0.2, 0.25) is 0 Å². The van der Waals surface area contributed by atoms with Crippen LogP contribution < -0.4 is 10.6 Å². The van der Waals surface area contributed by atoms with E-state index in [0.29, 0.717) is 29.1 Å². The lowest BCUT2D eigenvalue weighted by molar-refractivity contribution is -0.139. The first-order chi connectivity index (χ1) is 17.4. The van der Waals surface area contributed by atoms with Crippen molar-refractivity contribution in [1.82, 2.24) is 10.1 Å². The highest BCUT2D eigenvalue weighted by Crippen LogP contribution is 2.43. The van der Waals surface area contributed by atoms with Crippen molar-refractivity contribution in [2.75, 3.05) is 19.1 Å². The number of allylic oxidation sites excluding steroid dienone is 1. The summed E-state index contributed by atoms with van der Waals surface area (Å²) in [6.07, 6.45) is 0.592. The molecule has 0 bridgehead atoms. The van der Waals surface area contributed by atoms with E-state index in [1.165, 1.54) is 19.1 Å². The number of esters is 2. The third-order valence-corrected chi connectivity index (χ3v) is 5.75. The van der Waals surface area contributed by atoms with Gasteiger partial charge in [-0.15, -0.1) is 0 Å². The van der Waals surface area contributed by atoms with Gasteiger partial charge in [-0.2, -0.15) is 10.2 Å². The highest BCUT2D eigenvalue weighted by molar-refractivity contribution is 6.06. The van der Waals surface area contributed by atoms with Gasteiger partial charge in [0.05, 0.1) is 37.4 Å². The number of nitrogens with zero attached hydrogens (tertiary/aromatic N) is 4. The van der Waals surface area contributed by atoms with Crippen LogP contribution in [0, 0.1) is 11.3 Å². The van der Waals surface area contributed by atoms with Crippen LogP contribution in [-0.2, 0) is 25.5 Å². The molecule has 10 nitrogen and oxygen atoms in total. The topological polar surface area (TPSA) is 145 Å². The first-order valence-electron chi connectivity index (χ1n) is 11.0. The summed E-state index contributed by atoms with van der Waals surface area (Å²) in [5.74, 6) is -1.79. The molecule has 0 aliphatic carbocycles. The second-order valence-electron chi connectivity index (χ2n) is 7.75. The predicted molar refractivity (Wildman–Crippen MR) is 129 cm³/mol. The van der Waals surface area contributed by atoms with E-state index in [1.807, 2.05) is 6.92 Å². The summed E-state index contributed by atoms with van der Waals surface area (Å²) >= 11 is 0. The van der Waals surface area contributed by atoms with Crippen molar-refractivity contribution >= 4 is 17.6 Å². The first-order valence-corrected chi connectivity index (χ1v) is 11.0. The van der Waals surface area contributed by atoms with E-state index in [9.17, 15) is 14.9 Å². The quantitative estimate of drug-likeness (QED) is 0.517. The fourth-order valence-electron chi connectivity index (χ4n) is 4.07. The standard InChI is InChI=1S/C26H23N5O5/c1-4-19-29-24(36-30-19)16-11-8-12-17(13-16)31-22(26(33)35-3)21(25(32)34-2)20(18(14-27)23(31)28)15-9-6-5-7-10-15/h5-13,20H,4,28H2,1-3H3. The number of rotatable bonds is 6. The summed E-state index contributed by atoms with van der Waals surface area (Å²) in [4.78, 5) is 32.0. The molecule has 3 aromatic rings. The molecule has 0 spiro atoms. The molecule has 1 aliphatic heterocycles. The van der Waals surface area contributed by atoms with Crippen LogP contribution in [0.4, 0.5) is 5.69 Å². The van der Waals surface area contributed by atoms with Gasteiger partial charge in [0.25, 0.3) is 5.89 Å². The molecule has 182 valence electrons. The van der Waals surface area contributed by atoms with Gasteiger partial charge in [0.1, 0.15) is 11.5 Å². The zero-order valence-electron chi connectivity index (χ0n) is 19.9. The van der Waals surface area contributed by atoms with Gasteiger partial charge in [0.2, 0.25) is 0 Å². The number of methoxy groups -OCH3 is 2. The van der Waals surface area contributed by atoms with Crippen molar-refractivity contribution in [1.29, 1.82) is 5.26 Å². The fraction of sp³-hybridized carbons (Fsp3) is 0.192. The predicted octanol–water partition coefficient (Wildman–Crippen LogP) is 3.20. The van der Waals surface area contributed by atoms with Gasteiger partial charge >= 0.3 is 11.9 Å². The third kappa shape index (κ3) is 4.18. The summed E-state index contributed by atoms with van der Waals surface area (Å²) in [7, 11) is 2.40. The fourth-order valence-corrected chi connectivity index (χ4v) is 4.07. The third-order valence-electron chi connectivity index (χ3n) is 5.75. The Labute approximate surface area is 207 Å². The van der Waals surface area contributed by atoms with Crippen LogP contribution in [0.1, 0.15) is 24.2 Å². The average Bonchev–Trinajstić information content (AvgIpc) is 3.41. The molecule has 0 saturated heterocycles. The lowest BCUT2D eigenvalue weighted by Gasteiger charge is -2.36. The number of carbonyl (C=O) groups is 2. The maximum absolute atomic E-state index is 13.2. The van der Waals surface area contributed by atoms with Gasteiger partial charge < -0.3 is 19.7 Å². The number of hydrogen-bond acceptors (Lipinski definition) is 10. The van der Waals surface area contributed by atoms with E-state index in [0.717, 1.165) is 0 Å². The normalized spacial score (nSPS) is 15.5. The molecule has 36 heavy (non-hydrogen) atoms. The molecular formula is C26H23N5O5. The molecule has 1 aromatic heterocycles. The van der Waals surface area contributed by atoms with Gasteiger partial charge in [-0.05, 0) is 23.8 Å². The number of hydrogen-bond donors (Lipinski definition) is 1. The van der Waals surface area contributed by atoms with Crippen LogP contribution in [0.25, 0.3) is 11.5 Å². The number of carbonyl (C=O) groups excluding carboxylic acids is 2. The number of nitrogens with two attached hydrogens (primary N) is 1. The van der Waals surface area contributed by atoms with Crippen LogP contribution in [0.15, 0.2) is 81.8 Å². The SMILES string of the molecule is CCc1noc(-c2cccc(N3C(N)=C(C#N)C(c4ccccc4)C(C(=O)OC)=C3C(=O)OC)c2)n1. The van der Waals surface area contributed by atoms with E-state index in [4.69, 9.17) is 19.7 Å². The van der Waals surface area contributed by atoms with Crippen LogP contribution >= 0.6 is 0 Å². The van der Waals surface area contributed by atoms with Crippen molar-refractivity contribution in [3.05, 3.63) is 88.6 Å². The molecule has 2 aromatic carbocycles. The summed E-state index contributed by atoms with van der Waals surface area (Å²) in [5.41, 5.74) is 7.90. The Kier molecular flexibility index (Phi) is 6.83. The van der Waals surface area contributed by atoms with Gasteiger partial charge in [0.15, 0.2) is 5.82 Å². The van der Waals surface area contributed by atoms with Crippen LogP contribution in [0.5, 0.6) is 0 Å². The molecule has 10 heteroatoms. The second kappa shape index (κ2) is 10.1. The van der Waals surface area contributed by atoms with Gasteiger partial charge in [-0.3, -0.25) is 4.90 Å². The first kappa shape index (κ1) is 24.2. The zero-order valence-corrected chi connectivity index (χ0v) is 19.9. The maximum Gasteiger partial charge on any atom is 0.355 e. The van der Waals surface area contributed by atoms with Crippen LogP contribution in [0.3, 0.4) is 0 Å². The van der Waals surface area contributed by atoms with Crippen molar-refractivity contribution in [2.24, 2.45) is 5.73 Å². The number of anilines is 1. The van der Waals surface area contributed by atoms with E-state index in [1.54, 1.807) is 54.6 Å². The van der Waals surface area contributed by atoms with Gasteiger partial charge in [0, 0.05) is 17.7 Å². The smallest absolute Gasteiger partial charge is 0.355 e. The molecule has 0 radical (unpaired) electrons. The highest BCUT2D eigenvalue weighted by atomic mass is 16.5. The molecule has 0 fully saturated rings. The molecular weight excluding hydrogens is 462 g/mol. The van der Waals surface area contributed by atoms with Crippen LogP contribution in [-0.4, -0.2) is 36.3 Å². The minimum Gasteiger partial charge on any atom is -0.466 e. The Morgan fingerprint density at radius 3 is 2.44 bits per heavy atom. The minimum absolute atomic E-state index is 0.0312. The molecule has 2 N–H and O–H groups in total. The Bertz CT molecular complexity index is 1420. The molecule has 4 rings (SSSR count). The second-order valence-corrected chi connectivity index (χ2v) is 7.75. The summed E-state index contributed by atoms with van der Waals surface area (Å²) in [5, 5.41) is 14.1. The van der Waals surface area contributed by atoms with E-state index in [-0.39, 0.29) is 28.6 Å². The average molecular weight is 486 g/mol. The monoisotopic (exact) mass is 485 g/mol. The van der Waals surface area contributed by atoms with E-state index >= 15 is 0 Å². The molecule has 1 aliphatic rings. The van der Waals surface area contributed by atoms with Gasteiger partial charge in [-0.25, -0.2) is 9.59 Å². The highest BCUT2D eigenvalue weighted by Gasteiger charge is 2.43.